The van der Waals surface area contributed by atoms with E-state index in [9.17, 15) is 4.79 Å². The van der Waals surface area contributed by atoms with E-state index in [1.54, 1.807) is 0 Å². The predicted molar refractivity (Wildman–Crippen MR) is 99.8 cm³/mol. The molecule has 1 N–H and O–H groups in total. The van der Waals surface area contributed by atoms with Gasteiger partial charge in [-0.25, -0.2) is 0 Å². The van der Waals surface area contributed by atoms with Crippen molar-refractivity contribution in [1.82, 2.24) is 10.2 Å². The zero-order valence-electron chi connectivity index (χ0n) is 14.8. The molecule has 0 aromatic heterocycles. The van der Waals surface area contributed by atoms with E-state index < -0.39 is 6.10 Å². The van der Waals surface area contributed by atoms with Gasteiger partial charge in [0.25, 0.3) is 5.91 Å². The Hall–Kier alpha value is -2.07. The lowest BCUT2D eigenvalue weighted by Gasteiger charge is -2.32. The molecule has 2 aliphatic heterocycles. The molecule has 2 fully saturated rings. The van der Waals surface area contributed by atoms with Crippen LogP contribution < -0.4 is 10.1 Å². The second kappa shape index (κ2) is 6.68. The second-order valence-electron chi connectivity index (χ2n) is 7.41. The fraction of sp³-hybridized carbons (Fsp3) is 0.476. The Morgan fingerprint density at radius 3 is 2.64 bits per heavy atom. The Bertz CT molecular complexity index is 763. The molecule has 0 spiro atoms. The first-order valence-electron chi connectivity index (χ1n) is 9.35. The highest BCUT2D eigenvalue weighted by molar-refractivity contribution is 5.84. The van der Waals surface area contributed by atoms with E-state index in [0.717, 1.165) is 17.7 Å². The number of carbonyl (C=O) groups excluding carboxylic acids is 1. The maximum Gasteiger partial charge on any atom is 0.260 e. The van der Waals surface area contributed by atoms with Gasteiger partial charge in [-0.1, -0.05) is 30.3 Å². The third-order valence-corrected chi connectivity index (χ3v) is 5.81. The summed E-state index contributed by atoms with van der Waals surface area (Å²) >= 11 is 0. The van der Waals surface area contributed by atoms with Crippen LogP contribution >= 0.6 is 0 Å². The van der Waals surface area contributed by atoms with Crippen molar-refractivity contribution in [2.75, 3.05) is 19.6 Å². The quantitative estimate of drug-likeness (QED) is 0.909. The molecule has 1 unspecified atom stereocenters. The van der Waals surface area contributed by atoms with Crippen molar-refractivity contribution in [2.45, 2.75) is 44.2 Å². The van der Waals surface area contributed by atoms with Crippen molar-refractivity contribution in [2.24, 2.45) is 0 Å². The van der Waals surface area contributed by atoms with Gasteiger partial charge in [-0.2, -0.15) is 0 Å². The van der Waals surface area contributed by atoms with Crippen LogP contribution in [0.15, 0.2) is 42.5 Å². The molecule has 1 amide bonds. The summed E-state index contributed by atoms with van der Waals surface area (Å²) in [7, 11) is 0. The summed E-state index contributed by atoms with van der Waals surface area (Å²) in [5.41, 5.74) is 0.207. The molecule has 2 aromatic carbocycles. The molecule has 1 atom stereocenters. The molecule has 2 saturated heterocycles. The fourth-order valence-corrected chi connectivity index (χ4v) is 4.41. The molecule has 132 valence electrons. The van der Waals surface area contributed by atoms with Gasteiger partial charge in [0.15, 0.2) is 6.10 Å². The molecule has 4 nitrogen and oxygen atoms in total. The van der Waals surface area contributed by atoms with Crippen LogP contribution in [0.2, 0.25) is 0 Å². The number of ether oxygens (including phenoxy) is 1. The first-order chi connectivity index (χ1) is 12.2. The van der Waals surface area contributed by atoms with E-state index in [2.05, 4.69) is 22.3 Å². The Balaban J connectivity index is 1.36. The molecular formula is C21H26N2O2. The molecule has 4 rings (SSSR count). The van der Waals surface area contributed by atoms with Crippen LogP contribution in [-0.2, 0) is 4.79 Å². The van der Waals surface area contributed by atoms with Gasteiger partial charge in [-0.05, 0) is 68.6 Å². The first kappa shape index (κ1) is 16.4. The summed E-state index contributed by atoms with van der Waals surface area (Å²) in [6.45, 7) is 4.93. The van der Waals surface area contributed by atoms with Crippen LogP contribution in [0.25, 0.3) is 10.8 Å². The molecular weight excluding hydrogens is 312 g/mol. The SMILES string of the molecule is CC(Oc1ccc2ccccc2c1)C(=O)NCC12CCCN1CCC2. The highest BCUT2D eigenvalue weighted by Gasteiger charge is 2.44. The number of hydrogen-bond donors (Lipinski definition) is 1. The van der Waals surface area contributed by atoms with Crippen LogP contribution in [-0.4, -0.2) is 42.1 Å². The molecule has 2 heterocycles. The minimum atomic E-state index is -0.492. The summed E-state index contributed by atoms with van der Waals surface area (Å²) in [6.07, 6.45) is 4.41. The van der Waals surface area contributed by atoms with Crippen LogP contribution in [0.4, 0.5) is 0 Å². The van der Waals surface area contributed by atoms with Crippen molar-refractivity contribution in [3.8, 4) is 5.75 Å². The van der Waals surface area contributed by atoms with Crippen molar-refractivity contribution in [1.29, 1.82) is 0 Å². The van der Waals surface area contributed by atoms with Crippen molar-refractivity contribution in [3.63, 3.8) is 0 Å². The Kier molecular flexibility index (Phi) is 4.38. The van der Waals surface area contributed by atoms with E-state index >= 15 is 0 Å². The van der Waals surface area contributed by atoms with E-state index in [1.807, 2.05) is 37.3 Å². The number of rotatable bonds is 5. The van der Waals surface area contributed by atoms with Crippen molar-refractivity contribution in [3.05, 3.63) is 42.5 Å². The molecule has 0 radical (unpaired) electrons. The lowest BCUT2D eigenvalue weighted by atomic mass is 9.94. The summed E-state index contributed by atoms with van der Waals surface area (Å²) in [5, 5.41) is 5.44. The summed E-state index contributed by atoms with van der Waals surface area (Å²) in [6, 6.07) is 14.1. The number of nitrogens with zero attached hydrogens (tertiary/aromatic N) is 1. The number of nitrogens with one attached hydrogen (secondary N) is 1. The number of benzene rings is 2. The fourth-order valence-electron chi connectivity index (χ4n) is 4.41. The first-order valence-corrected chi connectivity index (χ1v) is 9.35. The van der Waals surface area contributed by atoms with Crippen LogP contribution in [0.5, 0.6) is 5.75 Å². The minimum absolute atomic E-state index is 0.0266. The Morgan fingerprint density at radius 2 is 1.88 bits per heavy atom. The molecule has 2 aliphatic rings. The van der Waals surface area contributed by atoms with Gasteiger partial charge in [0, 0.05) is 12.1 Å². The van der Waals surface area contributed by atoms with E-state index in [0.29, 0.717) is 0 Å². The summed E-state index contributed by atoms with van der Waals surface area (Å²) < 4.78 is 5.88. The smallest absolute Gasteiger partial charge is 0.260 e. The van der Waals surface area contributed by atoms with Crippen LogP contribution in [0.3, 0.4) is 0 Å². The van der Waals surface area contributed by atoms with Gasteiger partial charge >= 0.3 is 0 Å². The third kappa shape index (κ3) is 3.23. The molecule has 25 heavy (non-hydrogen) atoms. The number of carbonyl (C=O) groups is 1. The van der Waals surface area contributed by atoms with E-state index in [1.165, 1.54) is 44.2 Å². The minimum Gasteiger partial charge on any atom is -0.481 e. The van der Waals surface area contributed by atoms with E-state index in [4.69, 9.17) is 4.74 Å². The molecule has 2 aromatic rings. The third-order valence-electron chi connectivity index (χ3n) is 5.81. The van der Waals surface area contributed by atoms with Crippen LogP contribution in [0.1, 0.15) is 32.6 Å². The maximum atomic E-state index is 12.5. The molecule has 0 saturated carbocycles. The topological polar surface area (TPSA) is 41.6 Å². The predicted octanol–water partition coefficient (Wildman–Crippen LogP) is 3.35. The van der Waals surface area contributed by atoms with Gasteiger partial charge in [0.1, 0.15) is 5.75 Å². The Morgan fingerprint density at radius 1 is 1.16 bits per heavy atom. The Labute approximate surface area is 149 Å². The van der Waals surface area contributed by atoms with Gasteiger partial charge in [0.2, 0.25) is 0 Å². The van der Waals surface area contributed by atoms with Gasteiger partial charge < -0.3 is 10.1 Å². The monoisotopic (exact) mass is 338 g/mol. The molecule has 0 bridgehead atoms. The standard InChI is InChI=1S/C21H26N2O2/c1-16(25-19-9-8-17-6-2-3-7-18(17)14-19)20(24)22-15-21-10-4-12-23(21)13-5-11-21/h2-3,6-9,14,16H,4-5,10-13,15H2,1H3,(H,22,24). The average molecular weight is 338 g/mol. The molecule has 4 heteroatoms. The summed E-state index contributed by atoms with van der Waals surface area (Å²) in [5.74, 6) is 0.712. The summed E-state index contributed by atoms with van der Waals surface area (Å²) in [4.78, 5) is 15.1. The van der Waals surface area contributed by atoms with Crippen molar-refractivity contribution >= 4 is 16.7 Å². The number of hydrogen-bond acceptors (Lipinski definition) is 3. The second-order valence-corrected chi connectivity index (χ2v) is 7.41. The van der Waals surface area contributed by atoms with Crippen molar-refractivity contribution < 1.29 is 9.53 Å². The highest BCUT2D eigenvalue weighted by Crippen LogP contribution is 2.38. The maximum absolute atomic E-state index is 12.5. The van der Waals surface area contributed by atoms with Crippen LogP contribution in [0, 0.1) is 0 Å². The zero-order chi connectivity index (χ0) is 17.3. The highest BCUT2D eigenvalue weighted by atomic mass is 16.5. The number of fused-ring (bicyclic) bond motifs is 2. The lowest BCUT2D eigenvalue weighted by molar-refractivity contribution is -0.127. The van der Waals surface area contributed by atoms with E-state index in [-0.39, 0.29) is 11.4 Å². The lowest BCUT2D eigenvalue weighted by Crippen LogP contribution is -2.50. The normalized spacial score (nSPS) is 20.4. The molecule has 0 aliphatic carbocycles. The zero-order valence-corrected chi connectivity index (χ0v) is 14.8. The van der Waals surface area contributed by atoms with Gasteiger partial charge in [-0.3, -0.25) is 9.69 Å². The average Bonchev–Trinajstić information content (AvgIpc) is 3.19. The number of amides is 1. The van der Waals surface area contributed by atoms with Gasteiger partial charge in [-0.15, -0.1) is 0 Å². The van der Waals surface area contributed by atoms with Gasteiger partial charge in [0.05, 0.1) is 0 Å². The largest absolute Gasteiger partial charge is 0.481 e.